The number of benzene rings is 1. The third kappa shape index (κ3) is 3.62. The summed E-state index contributed by atoms with van der Waals surface area (Å²) >= 11 is 0. The Kier molecular flexibility index (Phi) is 5.05. The minimum Gasteiger partial charge on any atom is -0.497 e. The third-order valence-electron chi connectivity index (χ3n) is 6.15. The molecule has 1 aromatic carbocycles. The van der Waals surface area contributed by atoms with Crippen LogP contribution in [0.15, 0.2) is 36.4 Å². The van der Waals surface area contributed by atoms with Crippen LogP contribution < -0.4 is 15.0 Å². The van der Waals surface area contributed by atoms with Crippen LogP contribution in [0.25, 0.3) is 5.82 Å². The molecule has 0 radical (unpaired) electrons. The van der Waals surface area contributed by atoms with Crippen LogP contribution in [-0.2, 0) is 4.79 Å². The molecule has 0 aliphatic carbocycles. The lowest BCUT2D eigenvalue weighted by atomic mass is 9.86. The molecule has 0 unspecified atom stereocenters. The van der Waals surface area contributed by atoms with Crippen molar-refractivity contribution in [1.82, 2.24) is 20.0 Å². The van der Waals surface area contributed by atoms with Gasteiger partial charge >= 0.3 is 0 Å². The number of aryl methyl sites for hydroxylation is 1. The number of hydrogen-bond donors (Lipinski definition) is 1. The van der Waals surface area contributed by atoms with E-state index in [4.69, 9.17) is 9.84 Å². The molecule has 0 bridgehead atoms. The van der Waals surface area contributed by atoms with Crippen molar-refractivity contribution < 1.29 is 9.53 Å². The molecule has 4 heterocycles. The van der Waals surface area contributed by atoms with E-state index in [0.717, 1.165) is 41.5 Å². The molecule has 8 heteroatoms. The van der Waals surface area contributed by atoms with Crippen molar-refractivity contribution in [3.63, 3.8) is 0 Å². The molecule has 1 N–H and O–H groups in total. The zero-order valence-electron chi connectivity index (χ0n) is 17.8. The average molecular weight is 419 g/mol. The zero-order chi connectivity index (χ0) is 21.4. The summed E-state index contributed by atoms with van der Waals surface area (Å²) in [5.41, 5.74) is 2.95. The SMILES string of the molecule is COc1ccc([C@H]2CC(=O)Nc3c2c(C)nn3-c2ccc(N3CCCCC3)nn2)cc1. The van der Waals surface area contributed by atoms with Gasteiger partial charge in [0.25, 0.3) is 0 Å². The number of anilines is 2. The summed E-state index contributed by atoms with van der Waals surface area (Å²) in [5.74, 6) is 2.86. The molecule has 31 heavy (non-hydrogen) atoms. The summed E-state index contributed by atoms with van der Waals surface area (Å²) in [6.07, 6.45) is 4.03. The number of carbonyl (C=O) groups excluding carboxylic acids is 1. The Morgan fingerprint density at radius 1 is 1.00 bits per heavy atom. The number of amides is 1. The van der Waals surface area contributed by atoms with Gasteiger partial charge in [-0.1, -0.05) is 12.1 Å². The van der Waals surface area contributed by atoms with Gasteiger partial charge < -0.3 is 15.0 Å². The zero-order valence-corrected chi connectivity index (χ0v) is 17.8. The number of nitrogens with zero attached hydrogens (tertiary/aromatic N) is 5. The first-order valence-electron chi connectivity index (χ1n) is 10.8. The van der Waals surface area contributed by atoms with Gasteiger partial charge in [0.05, 0.1) is 12.8 Å². The molecule has 160 valence electrons. The molecule has 2 aliphatic heterocycles. The molecule has 3 aromatic rings. The molecular formula is C23H26N6O2. The van der Waals surface area contributed by atoms with Crippen molar-refractivity contribution in [3.05, 3.63) is 53.2 Å². The number of fused-ring (bicyclic) bond motifs is 1. The summed E-state index contributed by atoms with van der Waals surface area (Å²) in [5, 5.41) is 16.6. The highest BCUT2D eigenvalue weighted by molar-refractivity contribution is 5.95. The lowest BCUT2D eigenvalue weighted by Gasteiger charge is -2.27. The van der Waals surface area contributed by atoms with E-state index in [-0.39, 0.29) is 11.8 Å². The van der Waals surface area contributed by atoms with Gasteiger partial charge in [-0.25, -0.2) is 0 Å². The Labute approximate surface area is 181 Å². The Balaban J connectivity index is 1.50. The predicted octanol–water partition coefficient (Wildman–Crippen LogP) is 3.44. The monoisotopic (exact) mass is 418 g/mol. The number of ether oxygens (including phenoxy) is 1. The van der Waals surface area contributed by atoms with Crippen LogP contribution in [0.4, 0.5) is 11.6 Å². The van der Waals surface area contributed by atoms with E-state index >= 15 is 0 Å². The number of carbonyl (C=O) groups is 1. The topological polar surface area (TPSA) is 85.2 Å². The fraction of sp³-hybridized carbons (Fsp3) is 0.391. The van der Waals surface area contributed by atoms with Crippen molar-refractivity contribution >= 4 is 17.5 Å². The van der Waals surface area contributed by atoms with Crippen LogP contribution in [0.3, 0.4) is 0 Å². The Hall–Kier alpha value is -3.42. The van der Waals surface area contributed by atoms with Crippen LogP contribution >= 0.6 is 0 Å². The maximum atomic E-state index is 12.6. The molecule has 1 fully saturated rings. The standard InChI is InChI=1S/C23H26N6O2/c1-15-22-18(16-6-8-17(31-2)9-7-16)14-21(30)24-23(22)29(27-15)20-11-10-19(25-26-20)28-12-4-3-5-13-28/h6-11,18H,3-5,12-14H2,1-2H3,(H,24,30)/t18-/m1/s1. The fourth-order valence-electron chi connectivity index (χ4n) is 4.56. The van der Waals surface area contributed by atoms with Crippen molar-refractivity contribution in [2.45, 2.75) is 38.5 Å². The lowest BCUT2D eigenvalue weighted by molar-refractivity contribution is -0.116. The number of methoxy groups -OCH3 is 1. The first-order valence-corrected chi connectivity index (χ1v) is 10.8. The number of aromatic nitrogens is 4. The van der Waals surface area contributed by atoms with Crippen LogP contribution in [0.5, 0.6) is 5.75 Å². The van der Waals surface area contributed by atoms with E-state index in [0.29, 0.717) is 18.1 Å². The highest BCUT2D eigenvalue weighted by Crippen LogP contribution is 2.40. The molecule has 0 saturated carbocycles. The number of hydrogen-bond acceptors (Lipinski definition) is 6. The third-order valence-corrected chi connectivity index (χ3v) is 6.15. The second-order valence-corrected chi connectivity index (χ2v) is 8.13. The Bertz CT molecular complexity index is 1080. The van der Waals surface area contributed by atoms with Gasteiger partial charge in [-0.05, 0) is 56.0 Å². The van der Waals surface area contributed by atoms with E-state index in [2.05, 4.69) is 20.4 Å². The summed E-state index contributed by atoms with van der Waals surface area (Å²) in [4.78, 5) is 14.8. The Morgan fingerprint density at radius 3 is 2.39 bits per heavy atom. The van der Waals surface area contributed by atoms with E-state index in [1.807, 2.05) is 43.3 Å². The first kappa shape index (κ1) is 19.5. The fourth-order valence-corrected chi connectivity index (χ4v) is 4.56. The predicted molar refractivity (Wildman–Crippen MR) is 118 cm³/mol. The second kappa shape index (κ2) is 8.02. The van der Waals surface area contributed by atoms with Crippen LogP contribution in [0.2, 0.25) is 0 Å². The molecule has 1 amide bonds. The van der Waals surface area contributed by atoms with Gasteiger partial charge in [-0.15, -0.1) is 10.2 Å². The molecule has 5 rings (SSSR count). The largest absolute Gasteiger partial charge is 0.497 e. The molecular weight excluding hydrogens is 392 g/mol. The molecule has 0 spiro atoms. The molecule has 2 aromatic heterocycles. The summed E-state index contributed by atoms with van der Waals surface area (Å²) in [6.45, 7) is 4.01. The van der Waals surface area contributed by atoms with Crippen molar-refractivity contribution in [1.29, 1.82) is 0 Å². The van der Waals surface area contributed by atoms with E-state index < -0.39 is 0 Å². The normalized spacial score (nSPS) is 18.5. The number of piperidine rings is 1. The molecule has 2 aliphatic rings. The molecule has 1 saturated heterocycles. The van der Waals surface area contributed by atoms with E-state index in [9.17, 15) is 4.79 Å². The van der Waals surface area contributed by atoms with Gasteiger partial charge in [0.1, 0.15) is 11.6 Å². The van der Waals surface area contributed by atoms with Crippen molar-refractivity contribution in [2.24, 2.45) is 0 Å². The van der Waals surface area contributed by atoms with Crippen molar-refractivity contribution in [3.8, 4) is 11.6 Å². The van der Waals surface area contributed by atoms with Gasteiger partial charge in [0, 0.05) is 31.0 Å². The van der Waals surface area contributed by atoms with Crippen molar-refractivity contribution in [2.75, 3.05) is 30.4 Å². The van der Waals surface area contributed by atoms with E-state index in [1.54, 1.807) is 11.8 Å². The van der Waals surface area contributed by atoms with Crippen LogP contribution in [-0.4, -0.2) is 46.1 Å². The Morgan fingerprint density at radius 2 is 1.71 bits per heavy atom. The van der Waals surface area contributed by atoms with Gasteiger partial charge in [0.15, 0.2) is 11.6 Å². The minimum absolute atomic E-state index is 0.0348. The molecule has 8 nitrogen and oxygen atoms in total. The maximum absolute atomic E-state index is 12.6. The lowest BCUT2D eigenvalue weighted by Crippen LogP contribution is -2.30. The first-order chi connectivity index (χ1) is 15.1. The minimum atomic E-state index is -0.0658. The van der Waals surface area contributed by atoms with Gasteiger partial charge in [-0.3, -0.25) is 4.79 Å². The summed E-state index contributed by atoms with van der Waals surface area (Å²) in [6, 6.07) is 11.8. The highest BCUT2D eigenvalue weighted by atomic mass is 16.5. The summed E-state index contributed by atoms with van der Waals surface area (Å²) in [7, 11) is 1.65. The van der Waals surface area contributed by atoms with Gasteiger partial charge in [0.2, 0.25) is 5.91 Å². The highest BCUT2D eigenvalue weighted by Gasteiger charge is 2.33. The van der Waals surface area contributed by atoms with Crippen LogP contribution in [0, 0.1) is 6.92 Å². The quantitative estimate of drug-likeness (QED) is 0.699. The molecule has 1 atom stereocenters. The van der Waals surface area contributed by atoms with Crippen LogP contribution in [0.1, 0.15) is 48.4 Å². The smallest absolute Gasteiger partial charge is 0.226 e. The average Bonchev–Trinajstić information content (AvgIpc) is 3.15. The summed E-state index contributed by atoms with van der Waals surface area (Å²) < 4.78 is 6.97. The van der Waals surface area contributed by atoms with E-state index in [1.165, 1.54) is 19.3 Å². The second-order valence-electron chi connectivity index (χ2n) is 8.13. The number of rotatable bonds is 4. The van der Waals surface area contributed by atoms with Gasteiger partial charge in [-0.2, -0.15) is 9.78 Å². The maximum Gasteiger partial charge on any atom is 0.226 e. The number of nitrogens with one attached hydrogen (secondary N) is 1.